The highest BCUT2D eigenvalue weighted by molar-refractivity contribution is 5.99. The van der Waals surface area contributed by atoms with E-state index in [9.17, 15) is 0 Å². The first-order valence-corrected chi connectivity index (χ1v) is 9.78. The van der Waals surface area contributed by atoms with E-state index in [0.717, 1.165) is 33.8 Å². The van der Waals surface area contributed by atoms with E-state index >= 15 is 0 Å². The molecule has 2 nitrogen and oxygen atoms in total. The maximum Gasteiger partial charge on any atom is 0.0979 e. The number of rotatable bonds is 3. The smallest absolute Gasteiger partial charge is 0.0979 e. The van der Waals surface area contributed by atoms with Gasteiger partial charge in [-0.1, -0.05) is 97.1 Å². The zero-order chi connectivity index (χ0) is 19.6. The van der Waals surface area contributed by atoms with Gasteiger partial charge in [0.2, 0.25) is 0 Å². The van der Waals surface area contributed by atoms with Crippen molar-refractivity contribution < 1.29 is 0 Å². The van der Waals surface area contributed by atoms with Gasteiger partial charge in [0.25, 0.3) is 0 Å². The molecule has 0 radical (unpaired) electrons. The van der Waals surface area contributed by atoms with Crippen molar-refractivity contribution in [1.82, 2.24) is 9.97 Å². The Balaban J connectivity index is 1.82. The molecule has 0 aliphatic rings. The van der Waals surface area contributed by atoms with Gasteiger partial charge in [-0.25, -0.2) is 4.98 Å². The van der Waals surface area contributed by atoms with E-state index in [4.69, 9.17) is 9.97 Å². The quantitative estimate of drug-likeness (QED) is 0.343. The van der Waals surface area contributed by atoms with Crippen LogP contribution in [0, 0.1) is 6.92 Å². The molecular weight excluding hydrogens is 352 g/mol. The summed E-state index contributed by atoms with van der Waals surface area (Å²) in [7, 11) is 0. The summed E-state index contributed by atoms with van der Waals surface area (Å²) in [6.07, 6.45) is 1.88. The molecule has 0 amide bonds. The predicted octanol–water partition coefficient (Wildman–Crippen LogP) is 6.94. The van der Waals surface area contributed by atoms with Crippen molar-refractivity contribution >= 4 is 10.8 Å². The van der Waals surface area contributed by atoms with E-state index < -0.39 is 0 Å². The fourth-order valence-electron chi connectivity index (χ4n) is 3.79. The lowest BCUT2D eigenvalue weighted by Crippen LogP contribution is -1.98. The van der Waals surface area contributed by atoms with E-state index in [2.05, 4.69) is 85.8 Å². The van der Waals surface area contributed by atoms with E-state index in [-0.39, 0.29) is 0 Å². The van der Waals surface area contributed by atoms with Crippen molar-refractivity contribution in [3.05, 3.63) is 109 Å². The highest BCUT2D eigenvalue weighted by Gasteiger charge is 2.16. The number of hydrogen-bond donors (Lipinski definition) is 0. The van der Waals surface area contributed by atoms with E-state index in [1.165, 1.54) is 16.3 Å². The lowest BCUT2D eigenvalue weighted by molar-refractivity contribution is 1.21. The van der Waals surface area contributed by atoms with Crippen LogP contribution in [-0.4, -0.2) is 9.97 Å². The van der Waals surface area contributed by atoms with Crippen LogP contribution in [0.3, 0.4) is 0 Å². The normalized spacial score (nSPS) is 10.9. The zero-order valence-corrected chi connectivity index (χ0v) is 16.2. The average molecular weight is 372 g/mol. The van der Waals surface area contributed by atoms with Crippen LogP contribution in [0.1, 0.15) is 5.56 Å². The molecular formula is C27H20N2. The second-order valence-electron chi connectivity index (χ2n) is 7.16. The SMILES string of the molecule is Cc1ccccc1-c1ncc(-c2ccccc2)nc1-c1cccc2ccccc12. The molecule has 138 valence electrons. The Kier molecular flexibility index (Phi) is 4.38. The molecule has 2 heteroatoms. The van der Waals surface area contributed by atoms with Gasteiger partial charge < -0.3 is 0 Å². The van der Waals surface area contributed by atoms with Crippen LogP contribution >= 0.6 is 0 Å². The molecule has 0 atom stereocenters. The molecule has 0 fully saturated rings. The third-order valence-electron chi connectivity index (χ3n) is 5.29. The van der Waals surface area contributed by atoms with Crippen molar-refractivity contribution in [2.75, 3.05) is 0 Å². The number of fused-ring (bicyclic) bond motifs is 1. The first-order chi connectivity index (χ1) is 14.3. The molecule has 0 unspecified atom stereocenters. The van der Waals surface area contributed by atoms with Crippen LogP contribution in [0.15, 0.2) is 103 Å². The maximum atomic E-state index is 5.12. The molecule has 0 saturated carbocycles. The van der Waals surface area contributed by atoms with Crippen molar-refractivity contribution in [2.24, 2.45) is 0 Å². The maximum absolute atomic E-state index is 5.12. The van der Waals surface area contributed by atoms with Crippen LogP contribution in [0.25, 0.3) is 44.5 Å². The molecule has 5 rings (SSSR count). The molecule has 0 saturated heterocycles. The van der Waals surface area contributed by atoms with E-state index in [0.29, 0.717) is 0 Å². The third kappa shape index (κ3) is 3.19. The predicted molar refractivity (Wildman–Crippen MR) is 121 cm³/mol. The summed E-state index contributed by atoms with van der Waals surface area (Å²) in [5.74, 6) is 0. The Labute approximate surface area is 170 Å². The molecule has 0 bridgehead atoms. The topological polar surface area (TPSA) is 25.8 Å². The Hall–Kier alpha value is -3.78. The summed E-state index contributed by atoms with van der Waals surface area (Å²) in [4.78, 5) is 10.0. The molecule has 1 heterocycles. The summed E-state index contributed by atoms with van der Waals surface area (Å²) >= 11 is 0. The number of benzene rings is 4. The highest BCUT2D eigenvalue weighted by Crippen LogP contribution is 2.36. The van der Waals surface area contributed by atoms with Crippen LogP contribution in [0.5, 0.6) is 0 Å². The summed E-state index contributed by atoms with van der Waals surface area (Å²) in [6, 6.07) is 33.4. The van der Waals surface area contributed by atoms with Crippen molar-refractivity contribution in [1.29, 1.82) is 0 Å². The van der Waals surface area contributed by atoms with Crippen LogP contribution in [-0.2, 0) is 0 Å². The summed E-state index contributed by atoms with van der Waals surface area (Å²) in [5, 5.41) is 2.39. The van der Waals surface area contributed by atoms with Crippen LogP contribution < -0.4 is 0 Å². The van der Waals surface area contributed by atoms with Gasteiger partial charge in [-0.15, -0.1) is 0 Å². The van der Waals surface area contributed by atoms with E-state index in [1.807, 2.05) is 24.4 Å². The minimum atomic E-state index is 0.880. The molecule has 1 aromatic heterocycles. The molecule has 0 spiro atoms. The summed E-state index contributed by atoms with van der Waals surface area (Å²) in [6.45, 7) is 2.12. The first-order valence-electron chi connectivity index (χ1n) is 9.78. The Morgan fingerprint density at radius 3 is 2.14 bits per heavy atom. The third-order valence-corrected chi connectivity index (χ3v) is 5.29. The van der Waals surface area contributed by atoms with E-state index in [1.54, 1.807) is 0 Å². The number of hydrogen-bond acceptors (Lipinski definition) is 2. The van der Waals surface area contributed by atoms with Gasteiger partial charge in [0.1, 0.15) is 0 Å². The Morgan fingerprint density at radius 1 is 0.586 bits per heavy atom. The summed E-state index contributed by atoms with van der Waals surface area (Å²) in [5.41, 5.74) is 7.19. The number of aryl methyl sites for hydroxylation is 1. The second kappa shape index (κ2) is 7.33. The Bertz CT molecular complexity index is 1300. The van der Waals surface area contributed by atoms with Crippen molar-refractivity contribution in [2.45, 2.75) is 6.92 Å². The Morgan fingerprint density at radius 2 is 1.28 bits per heavy atom. The molecule has 4 aromatic carbocycles. The van der Waals surface area contributed by atoms with Gasteiger partial charge in [-0.2, -0.15) is 0 Å². The lowest BCUT2D eigenvalue weighted by Gasteiger charge is -2.14. The average Bonchev–Trinajstić information content (AvgIpc) is 2.79. The number of nitrogens with zero attached hydrogens (tertiary/aromatic N) is 2. The number of aromatic nitrogens is 2. The van der Waals surface area contributed by atoms with Crippen molar-refractivity contribution in [3.8, 4) is 33.8 Å². The van der Waals surface area contributed by atoms with Gasteiger partial charge in [0, 0.05) is 16.7 Å². The fraction of sp³-hybridized carbons (Fsp3) is 0.0370. The van der Waals surface area contributed by atoms with Crippen molar-refractivity contribution in [3.63, 3.8) is 0 Å². The second-order valence-corrected chi connectivity index (χ2v) is 7.16. The largest absolute Gasteiger partial charge is 0.252 e. The van der Waals surface area contributed by atoms with Gasteiger partial charge in [0.05, 0.1) is 23.3 Å². The molecule has 5 aromatic rings. The molecule has 0 aliphatic heterocycles. The monoisotopic (exact) mass is 372 g/mol. The standard InChI is InChI=1S/C27H20N2/c1-19-10-5-7-15-22(19)26-27(24-17-9-14-20-11-6-8-16-23(20)24)29-25(18-28-26)21-12-3-2-4-13-21/h2-18H,1H3. The zero-order valence-electron chi connectivity index (χ0n) is 16.2. The minimum absolute atomic E-state index is 0.880. The van der Waals surface area contributed by atoms with Crippen LogP contribution in [0.4, 0.5) is 0 Å². The lowest BCUT2D eigenvalue weighted by atomic mass is 9.96. The van der Waals surface area contributed by atoms with Gasteiger partial charge in [-0.3, -0.25) is 4.98 Å². The molecule has 0 aliphatic carbocycles. The molecule has 0 N–H and O–H groups in total. The van der Waals surface area contributed by atoms with Gasteiger partial charge >= 0.3 is 0 Å². The summed E-state index contributed by atoms with van der Waals surface area (Å²) < 4.78 is 0. The fourth-order valence-corrected chi connectivity index (χ4v) is 3.79. The van der Waals surface area contributed by atoms with Gasteiger partial charge in [-0.05, 0) is 23.3 Å². The minimum Gasteiger partial charge on any atom is -0.252 e. The highest BCUT2D eigenvalue weighted by atomic mass is 14.8. The van der Waals surface area contributed by atoms with Crippen LogP contribution in [0.2, 0.25) is 0 Å². The molecule has 29 heavy (non-hydrogen) atoms. The van der Waals surface area contributed by atoms with Gasteiger partial charge in [0.15, 0.2) is 0 Å². The first kappa shape index (κ1) is 17.3.